The molecule has 3 aromatic rings. The summed E-state index contributed by atoms with van der Waals surface area (Å²) in [6, 6.07) is 24.5. The molecule has 0 radical (unpaired) electrons. The Morgan fingerprint density at radius 1 is 0.975 bits per heavy atom. The Morgan fingerprint density at radius 3 is 2.30 bits per heavy atom. The topological polar surface area (TPSA) is 60.9 Å². The van der Waals surface area contributed by atoms with Crippen LogP contribution in [0.4, 0.5) is 5.69 Å². The number of para-hydroxylation sites is 1. The van der Waals surface area contributed by atoms with Gasteiger partial charge in [-0.25, -0.2) is 8.42 Å². The zero-order valence-corrected chi connectivity index (χ0v) is 25.0. The van der Waals surface area contributed by atoms with Gasteiger partial charge >= 0.3 is 0 Å². The van der Waals surface area contributed by atoms with Gasteiger partial charge in [0.1, 0.15) is 0 Å². The largest absolute Gasteiger partial charge is 0.338 e. The number of halogens is 2. The summed E-state index contributed by atoms with van der Waals surface area (Å²) in [5.74, 6) is 0.0529. The van der Waals surface area contributed by atoms with Crippen molar-refractivity contribution in [2.75, 3.05) is 43.3 Å². The maximum absolute atomic E-state index is 13.4. The fraction of sp³-hybridized carbons (Fsp3) is 0.387. The smallest absolute Gasteiger partial charge is 0.253 e. The molecule has 2 aliphatic rings. The molecule has 0 bridgehead atoms. The number of likely N-dealkylation sites (tertiary alicyclic amines) is 2. The summed E-state index contributed by atoms with van der Waals surface area (Å²) < 4.78 is 26.7. The maximum atomic E-state index is 13.4. The van der Waals surface area contributed by atoms with E-state index in [1.54, 1.807) is 4.31 Å². The highest BCUT2D eigenvalue weighted by atomic mass is 35.5. The summed E-state index contributed by atoms with van der Waals surface area (Å²) in [5.41, 5.74) is 2.29. The van der Waals surface area contributed by atoms with Gasteiger partial charge in [-0.15, -0.1) is 0 Å². The average Bonchev–Trinajstić information content (AvgIpc) is 2.93. The molecule has 40 heavy (non-hydrogen) atoms. The molecule has 0 unspecified atom stereocenters. The number of amides is 1. The van der Waals surface area contributed by atoms with Gasteiger partial charge in [0, 0.05) is 37.2 Å². The van der Waals surface area contributed by atoms with E-state index in [9.17, 15) is 13.2 Å². The summed E-state index contributed by atoms with van der Waals surface area (Å²) in [4.78, 5) is 17.7. The number of carbonyl (C=O) groups excluding carboxylic acids is 1. The van der Waals surface area contributed by atoms with Crippen LogP contribution in [0.25, 0.3) is 0 Å². The lowest BCUT2D eigenvalue weighted by Crippen LogP contribution is -2.61. The molecule has 9 heteroatoms. The summed E-state index contributed by atoms with van der Waals surface area (Å²) in [6.07, 6.45) is 4.95. The predicted octanol–water partition coefficient (Wildman–Crippen LogP) is 6.10. The van der Waals surface area contributed by atoms with E-state index in [-0.39, 0.29) is 17.4 Å². The van der Waals surface area contributed by atoms with Crippen LogP contribution < -0.4 is 4.31 Å². The number of carbonyl (C=O) groups is 1. The number of nitrogens with zero attached hydrogens (tertiary/aromatic N) is 3. The van der Waals surface area contributed by atoms with Crippen LogP contribution in [-0.4, -0.2) is 69.1 Å². The SMILES string of the molecule is CS(=O)(=O)N(c1ccccc1)C1CN(CCC[C@]2(c3ccc(Cl)c(Cl)c3)CCCN(C(=O)c3ccccc3)C2)C1. The first-order chi connectivity index (χ1) is 19.2. The second-order valence-corrected chi connectivity index (χ2v) is 13.7. The Labute approximate surface area is 247 Å². The van der Waals surface area contributed by atoms with E-state index in [0.717, 1.165) is 44.3 Å². The summed E-state index contributed by atoms with van der Waals surface area (Å²) in [6.45, 7) is 3.60. The molecule has 2 saturated heterocycles. The molecule has 0 N–H and O–H groups in total. The van der Waals surface area contributed by atoms with E-state index in [1.165, 1.54) is 6.26 Å². The molecule has 0 aromatic heterocycles. The third-order valence-electron chi connectivity index (χ3n) is 8.18. The third kappa shape index (κ3) is 6.33. The van der Waals surface area contributed by atoms with Crippen LogP contribution in [0.2, 0.25) is 10.0 Å². The first-order valence-electron chi connectivity index (χ1n) is 13.7. The lowest BCUT2D eigenvalue weighted by Gasteiger charge is -2.46. The van der Waals surface area contributed by atoms with Crippen LogP contribution in [0.15, 0.2) is 78.9 Å². The Kier molecular flexibility index (Phi) is 8.76. The van der Waals surface area contributed by atoms with Crippen LogP contribution >= 0.6 is 23.2 Å². The van der Waals surface area contributed by atoms with E-state index in [4.69, 9.17) is 23.2 Å². The Bertz CT molecular complexity index is 1430. The van der Waals surface area contributed by atoms with Crippen molar-refractivity contribution in [2.45, 2.75) is 37.1 Å². The van der Waals surface area contributed by atoms with Crippen molar-refractivity contribution in [2.24, 2.45) is 0 Å². The molecule has 2 heterocycles. The number of sulfonamides is 1. The average molecular weight is 601 g/mol. The Morgan fingerprint density at radius 2 is 1.65 bits per heavy atom. The maximum Gasteiger partial charge on any atom is 0.253 e. The molecule has 2 aliphatic heterocycles. The highest BCUT2D eigenvalue weighted by Crippen LogP contribution is 2.41. The van der Waals surface area contributed by atoms with Crippen LogP contribution in [0, 0.1) is 0 Å². The fourth-order valence-corrected chi connectivity index (χ4v) is 7.72. The van der Waals surface area contributed by atoms with Crippen LogP contribution in [-0.2, 0) is 15.4 Å². The predicted molar refractivity (Wildman–Crippen MR) is 163 cm³/mol. The number of piperidine rings is 1. The van der Waals surface area contributed by atoms with E-state index in [2.05, 4.69) is 4.90 Å². The van der Waals surface area contributed by atoms with Gasteiger partial charge in [-0.05, 0) is 74.2 Å². The number of rotatable bonds is 9. The Balaban J connectivity index is 1.28. The van der Waals surface area contributed by atoms with Crippen molar-refractivity contribution in [3.05, 3.63) is 100 Å². The summed E-state index contributed by atoms with van der Waals surface area (Å²) in [7, 11) is -3.38. The van der Waals surface area contributed by atoms with Gasteiger partial charge in [-0.2, -0.15) is 0 Å². The third-order valence-corrected chi connectivity index (χ3v) is 10.1. The van der Waals surface area contributed by atoms with Gasteiger partial charge in [0.25, 0.3) is 5.91 Å². The summed E-state index contributed by atoms with van der Waals surface area (Å²) >= 11 is 12.7. The van der Waals surface area contributed by atoms with Gasteiger partial charge < -0.3 is 4.90 Å². The second-order valence-electron chi connectivity index (χ2n) is 11.0. The molecule has 5 rings (SSSR count). The standard InChI is InChI=1S/C31H35Cl2N3O3S/c1-40(38,39)36(26-12-6-3-7-13-26)27-21-34(22-27)18-8-16-31(25-14-15-28(32)29(33)20-25)17-9-19-35(23-31)30(37)24-10-4-2-5-11-24/h2-7,10-15,20,27H,8-9,16-19,21-23H2,1H3/t31-/m0/s1. The van der Waals surface area contributed by atoms with Crippen LogP contribution in [0.5, 0.6) is 0 Å². The van der Waals surface area contributed by atoms with Crippen LogP contribution in [0.3, 0.4) is 0 Å². The molecule has 2 fully saturated rings. The molecule has 6 nitrogen and oxygen atoms in total. The molecule has 0 spiro atoms. The van der Waals surface area contributed by atoms with E-state index in [1.807, 2.05) is 83.8 Å². The highest BCUT2D eigenvalue weighted by Gasteiger charge is 2.40. The minimum Gasteiger partial charge on any atom is -0.338 e. The molecule has 0 saturated carbocycles. The molecule has 0 aliphatic carbocycles. The van der Waals surface area contributed by atoms with Crippen molar-refractivity contribution in [1.29, 1.82) is 0 Å². The molecule has 1 atom stereocenters. The van der Waals surface area contributed by atoms with Crippen molar-refractivity contribution in [3.63, 3.8) is 0 Å². The van der Waals surface area contributed by atoms with Crippen molar-refractivity contribution in [1.82, 2.24) is 9.80 Å². The molecule has 3 aromatic carbocycles. The van der Waals surface area contributed by atoms with E-state index in [0.29, 0.717) is 40.9 Å². The van der Waals surface area contributed by atoms with E-state index < -0.39 is 10.0 Å². The minimum absolute atomic E-state index is 0.0529. The fourth-order valence-electron chi connectivity index (χ4n) is 6.24. The lowest BCUT2D eigenvalue weighted by molar-refractivity contribution is 0.0614. The summed E-state index contributed by atoms with van der Waals surface area (Å²) in [5, 5.41) is 1.05. The lowest BCUT2D eigenvalue weighted by atomic mass is 9.71. The highest BCUT2D eigenvalue weighted by molar-refractivity contribution is 7.92. The van der Waals surface area contributed by atoms with Gasteiger partial charge in [0.05, 0.1) is 28.0 Å². The second kappa shape index (κ2) is 12.1. The number of anilines is 1. The van der Waals surface area contributed by atoms with Crippen molar-refractivity contribution < 1.29 is 13.2 Å². The van der Waals surface area contributed by atoms with Gasteiger partial charge in [0.15, 0.2) is 0 Å². The van der Waals surface area contributed by atoms with Gasteiger partial charge in [0.2, 0.25) is 10.0 Å². The first kappa shape index (κ1) is 28.9. The monoisotopic (exact) mass is 599 g/mol. The number of benzene rings is 3. The van der Waals surface area contributed by atoms with Crippen molar-refractivity contribution >= 4 is 44.8 Å². The van der Waals surface area contributed by atoms with Gasteiger partial charge in [-0.3, -0.25) is 14.0 Å². The molecular weight excluding hydrogens is 565 g/mol. The van der Waals surface area contributed by atoms with E-state index >= 15 is 0 Å². The van der Waals surface area contributed by atoms with Crippen molar-refractivity contribution in [3.8, 4) is 0 Å². The molecular formula is C31H35Cl2N3O3S. The zero-order chi connectivity index (χ0) is 28.3. The van der Waals surface area contributed by atoms with Gasteiger partial charge in [-0.1, -0.05) is 65.7 Å². The Hall–Kier alpha value is -2.58. The molecule has 1 amide bonds. The molecule has 212 valence electrons. The minimum atomic E-state index is -3.38. The first-order valence-corrected chi connectivity index (χ1v) is 16.3. The quantitative estimate of drug-likeness (QED) is 0.298. The zero-order valence-electron chi connectivity index (χ0n) is 22.7. The van der Waals surface area contributed by atoms with Crippen LogP contribution in [0.1, 0.15) is 41.6 Å². The number of hydrogen-bond donors (Lipinski definition) is 0. The normalized spacial score (nSPS) is 20.2. The number of hydrogen-bond acceptors (Lipinski definition) is 4.